The Morgan fingerprint density at radius 1 is 1.21 bits per heavy atom. The van der Waals surface area contributed by atoms with Crippen molar-refractivity contribution in [3.63, 3.8) is 0 Å². The highest BCUT2D eigenvalue weighted by molar-refractivity contribution is 5.78. The Morgan fingerprint density at radius 2 is 1.96 bits per heavy atom. The molecule has 0 aliphatic heterocycles. The zero-order valence-electron chi connectivity index (χ0n) is 14.0. The predicted molar refractivity (Wildman–Crippen MR) is 88.8 cm³/mol. The lowest BCUT2D eigenvalue weighted by Gasteiger charge is -2.08. The van der Waals surface area contributed by atoms with Gasteiger partial charge in [0.2, 0.25) is 5.91 Å². The van der Waals surface area contributed by atoms with E-state index in [1.165, 1.54) is 0 Å². The van der Waals surface area contributed by atoms with E-state index in [9.17, 15) is 4.79 Å². The highest BCUT2D eigenvalue weighted by Crippen LogP contribution is 2.32. The Labute approximate surface area is 141 Å². The summed E-state index contributed by atoms with van der Waals surface area (Å²) in [5.41, 5.74) is 1.54. The second-order valence-corrected chi connectivity index (χ2v) is 5.95. The summed E-state index contributed by atoms with van der Waals surface area (Å²) in [6, 6.07) is 7.36. The molecule has 1 amide bonds. The molecule has 0 unspecified atom stereocenters. The topological polar surface area (TPSA) is 73.6 Å². The zero-order valence-corrected chi connectivity index (χ0v) is 14.0. The molecule has 3 rings (SSSR count). The van der Waals surface area contributed by atoms with E-state index in [0.29, 0.717) is 29.5 Å². The van der Waals surface area contributed by atoms with Gasteiger partial charge in [-0.05, 0) is 31.0 Å². The van der Waals surface area contributed by atoms with Crippen molar-refractivity contribution in [1.29, 1.82) is 0 Å². The van der Waals surface area contributed by atoms with Crippen molar-refractivity contribution in [1.82, 2.24) is 10.5 Å². The van der Waals surface area contributed by atoms with E-state index in [-0.39, 0.29) is 11.8 Å². The van der Waals surface area contributed by atoms with Crippen molar-refractivity contribution in [3.05, 3.63) is 30.0 Å². The first kappa shape index (κ1) is 16.4. The summed E-state index contributed by atoms with van der Waals surface area (Å²) in [6.07, 6.45) is 4.26. The summed E-state index contributed by atoms with van der Waals surface area (Å²) in [4.78, 5) is 12.0. The van der Waals surface area contributed by atoms with Gasteiger partial charge in [-0.1, -0.05) is 18.0 Å². The molecule has 0 atom stereocenters. The van der Waals surface area contributed by atoms with E-state index in [1.807, 2.05) is 24.3 Å². The number of methoxy groups -OCH3 is 2. The molecule has 1 aliphatic carbocycles. The van der Waals surface area contributed by atoms with Crippen molar-refractivity contribution in [2.24, 2.45) is 5.92 Å². The van der Waals surface area contributed by atoms with Crippen LogP contribution in [-0.4, -0.2) is 25.3 Å². The average molecular weight is 330 g/mol. The fourth-order valence-corrected chi connectivity index (χ4v) is 3.03. The van der Waals surface area contributed by atoms with Gasteiger partial charge in [0, 0.05) is 17.5 Å². The number of hydrogen-bond donors (Lipinski definition) is 1. The molecular weight excluding hydrogens is 308 g/mol. The highest BCUT2D eigenvalue weighted by Gasteiger charge is 2.22. The number of carbonyl (C=O) groups is 1. The normalized spacial score (nSPS) is 14.6. The van der Waals surface area contributed by atoms with E-state index < -0.39 is 0 Å². The average Bonchev–Trinajstić information content (AvgIpc) is 3.30. The Morgan fingerprint density at radius 3 is 2.67 bits per heavy atom. The fourth-order valence-electron chi connectivity index (χ4n) is 3.03. The molecule has 1 aliphatic rings. The van der Waals surface area contributed by atoms with Gasteiger partial charge in [0.15, 0.2) is 17.3 Å². The molecule has 0 bridgehead atoms. The van der Waals surface area contributed by atoms with Gasteiger partial charge in [-0.3, -0.25) is 4.79 Å². The van der Waals surface area contributed by atoms with Crippen LogP contribution in [0, 0.1) is 5.92 Å². The van der Waals surface area contributed by atoms with Crippen molar-refractivity contribution < 1.29 is 18.8 Å². The Balaban J connectivity index is 1.65. The van der Waals surface area contributed by atoms with E-state index >= 15 is 0 Å². The smallest absolute Gasteiger partial charge is 0.223 e. The maximum Gasteiger partial charge on any atom is 0.223 e. The Bertz CT molecular complexity index is 705. The molecule has 2 aromatic rings. The van der Waals surface area contributed by atoms with E-state index in [4.69, 9.17) is 14.0 Å². The monoisotopic (exact) mass is 330 g/mol. The standard InChI is InChI=1S/C18H22N2O4/c1-22-15-8-7-13(9-17(15)23-2)16-10-14(20-24-16)11-19-18(21)12-5-3-4-6-12/h7-10,12H,3-6,11H2,1-2H3,(H,19,21). The van der Waals surface area contributed by atoms with Crippen LogP contribution in [0.25, 0.3) is 11.3 Å². The van der Waals surface area contributed by atoms with Gasteiger partial charge in [0.1, 0.15) is 5.69 Å². The second-order valence-electron chi connectivity index (χ2n) is 5.95. The van der Waals surface area contributed by atoms with Gasteiger partial charge >= 0.3 is 0 Å². The molecule has 1 aromatic carbocycles. The predicted octanol–water partition coefficient (Wildman–Crippen LogP) is 3.17. The molecule has 6 nitrogen and oxygen atoms in total. The molecule has 0 spiro atoms. The molecular formula is C18H22N2O4. The van der Waals surface area contributed by atoms with Gasteiger partial charge in [0.05, 0.1) is 20.8 Å². The first-order valence-electron chi connectivity index (χ1n) is 8.17. The third kappa shape index (κ3) is 3.53. The maximum atomic E-state index is 12.0. The third-order valence-electron chi connectivity index (χ3n) is 4.40. The van der Waals surface area contributed by atoms with Crippen LogP contribution < -0.4 is 14.8 Å². The van der Waals surface area contributed by atoms with Crippen LogP contribution in [0.2, 0.25) is 0 Å². The molecule has 0 saturated heterocycles. The molecule has 0 radical (unpaired) electrons. The van der Waals surface area contributed by atoms with E-state index in [0.717, 1.165) is 31.2 Å². The lowest BCUT2D eigenvalue weighted by atomic mass is 10.1. The van der Waals surface area contributed by atoms with Crippen LogP contribution in [0.3, 0.4) is 0 Å². The van der Waals surface area contributed by atoms with Crippen LogP contribution in [0.1, 0.15) is 31.4 Å². The van der Waals surface area contributed by atoms with Crippen molar-refractivity contribution in [2.45, 2.75) is 32.2 Å². The summed E-state index contributed by atoms with van der Waals surface area (Å²) in [5.74, 6) is 2.18. The van der Waals surface area contributed by atoms with Gasteiger partial charge in [-0.2, -0.15) is 0 Å². The second kappa shape index (κ2) is 7.38. The summed E-state index contributed by atoms with van der Waals surface area (Å²) < 4.78 is 15.9. The number of nitrogens with one attached hydrogen (secondary N) is 1. The van der Waals surface area contributed by atoms with Crippen LogP contribution in [-0.2, 0) is 11.3 Å². The largest absolute Gasteiger partial charge is 0.493 e. The summed E-state index contributed by atoms with van der Waals surface area (Å²) in [5, 5.41) is 6.97. The quantitative estimate of drug-likeness (QED) is 0.880. The minimum atomic E-state index is 0.114. The summed E-state index contributed by atoms with van der Waals surface area (Å²) >= 11 is 0. The molecule has 1 N–H and O–H groups in total. The summed E-state index contributed by atoms with van der Waals surface area (Å²) in [7, 11) is 3.18. The van der Waals surface area contributed by atoms with Gasteiger partial charge in [-0.25, -0.2) is 0 Å². The van der Waals surface area contributed by atoms with Crippen LogP contribution in [0.15, 0.2) is 28.8 Å². The number of aromatic nitrogens is 1. The van der Waals surface area contributed by atoms with Crippen LogP contribution >= 0.6 is 0 Å². The molecule has 1 heterocycles. The number of amides is 1. The number of nitrogens with zero attached hydrogens (tertiary/aromatic N) is 1. The first-order valence-corrected chi connectivity index (χ1v) is 8.17. The number of rotatable bonds is 6. The minimum Gasteiger partial charge on any atom is -0.493 e. The highest BCUT2D eigenvalue weighted by atomic mass is 16.5. The lowest BCUT2D eigenvalue weighted by Crippen LogP contribution is -2.28. The number of ether oxygens (including phenoxy) is 2. The van der Waals surface area contributed by atoms with Gasteiger partial charge in [-0.15, -0.1) is 0 Å². The lowest BCUT2D eigenvalue weighted by molar-refractivity contribution is -0.125. The van der Waals surface area contributed by atoms with Crippen LogP contribution in [0.5, 0.6) is 11.5 Å². The molecule has 1 saturated carbocycles. The number of hydrogen-bond acceptors (Lipinski definition) is 5. The zero-order chi connectivity index (χ0) is 16.9. The van der Waals surface area contributed by atoms with Crippen molar-refractivity contribution in [2.75, 3.05) is 14.2 Å². The molecule has 24 heavy (non-hydrogen) atoms. The van der Waals surface area contributed by atoms with Crippen molar-refractivity contribution in [3.8, 4) is 22.8 Å². The number of carbonyl (C=O) groups excluding carboxylic acids is 1. The van der Waals surface area contributed by atoms with Crippen molar-refractivity contribution >= 4 is 5.91 Å². The van der Waals surface area contributed by atoms with Gasteiger partial charge < -0.3 is 19.3 Å². The summed E-state index contributed by atoms with van der Waals surface area (Å²) in [6.45, 7) is 0.381. The minimum absolute atomic E-state index is 0.114. The fraction of sp³-hybridized carbons (Fsp3) is 0.444. The maximum absolute atomic E-state index is 12.0. The molecule has 1 aromatic heterocycles. The molecule has 1 fully saturated rings. The number of benzene rings is 1. The molecule has 128 valence electrons. The Hall–Kier alpha value is -2.50. The first-order chi connectivity index (χ1) is 11.7. The van der Waals surface area contributed by atoms with E-state index in [1.54, 1.807) is 14.2 Å². The SMILES string of the molecule is COc1ccc(-c2cc(CNC(=O)C3CCCC3)no2)cc1OC. The van der Waals surface area contributed by atoms with Crippen LogP contribution in [0.4, 0.5) is 0 Å². The van der Waals surface area contributed by atoms with Gasteiger partial charge in [0.25, 0.3) is 0 Å². The third-order valence-corrected chi connectivity index (χ3v) is 4.40. The molecule has 6 heteroatoms. The Kier molecular flexibility index (Phi) is 5.03. The van der Waals surface area contributed by atoms with E-state index in [2.05, 4.69) is 10.5 Å².